The van der Waals surface area contributed by atoms with Crippen molar-refractivity contribution in [2.45, 2.75) is 6.92 Å². The number of rotatable bonds is 4. The largest absolute Gasteiger partial charge is 0.454 e. The Hall–Kier alpha value is -7.32. The van der Waals surface area contributed by atoms with Crippen LogP contribution in [0.15, 0.2) is 182 Å². The van der Waals surface area contributed by atoms with Crippen LogP contribution in [-0.2, 0) is 0 Å². The number of anilines is 6. The van der Waals surface area contributed by atoms with E-state index in [1.54, 1.807) is 0 Å². The SMILES string of the molecule is Cc1cc2c3c(c1)N(c1ccccc1)c1cc4c(cc1B3c1cc(-c3ccc5c(c3)sc3ccccc35)ccc1N2c1ccc(-c2ccc3c(c2)sc2ccccc23)cc1)OCO4. The molecule has 0 aliphatic carbocycles. The van der Waals surface area contributed by atoms with Gasteiger partial charge in [0.2, 0.25) is 6.79 Å². The van der Waals surface area contributed by atoms with Gasteiger partial charge in [-0.2, -0.15) is 0 Å². The van der Waals surface area contributed by atoms with Crippen LogP contribution in [0.4, 0.5) is 34.1 Å². The second-order valence-electron chi connectivity index (χ2n) is 16.9. The molecule has 0 spiro atoms. The third-order valence-corrected chi connectivity index (χ3v) is 15.5. The summed E-state index contributed by atoms with van der Waals surface area (Å²) in [7, 11) is 0. The van der Waals surface area contributed by atoms with E-state index in [2.05, 4.69) is 199 Å². The summed E-state index contributed by atoms with van der Waals surface area (Å²) in [6.07, 6.45) is 0. The molecule has 0 saturated heterocycles. The predicted molar refractivity (Wildman–Crippen MR) is 268 cm³/mol. The number of aryl methyl sites for hydroxylation is 1. The fourth-order valence-electron chi connectivity index (χ4n) is 10.5. The molecular formula is C56H35BN2O2S2. The van der Waals surface area contributed by atoms with Crippen molar-refractivity contribution in [1.29, 1.82) is 0 Å². The molecule has 14 rings (SSSR count). The third kappa shape index (κ3) is 5.27. The number of hydrogen-bond donors (Lipinski definition) is 0. The monoisotopic (exact) mass is 842 g/mol. The van der Waals surface area contributed by atoms with Gasteiger partial charge in [-0.05, 0) is 124 Å². The Morgan fingerprint density at radius 2 is 0.921 bits per heavy atom. The van der Waals surface area contributed by atoms with E-state index in [9.17, 15) is 0 Å². The number of ether oxygens (including phenoxy) is 2. The Morgan fingerprint density at radius 1 is 0.413 bits per heavy atom. The number of thiophene rings is 2. The highest BCUT2D eigenvalue weighted by atomic mass is 32.1. The molecule has 0 fully saturated rings. The highest BCUT2D eigenvalue weighted by Gasteiger charge is 2.44. The molecule has 7 heteroatoms. The molecule has 0 saturated carbocycles. The third-order valence-electron chi connectivity index (χ3n) is 13.3. The zero-order chi connectivity index (χ0) is 41.3. The minimum atomic E-state index is -0.0633. The van der Waals surface area contributed by atoms with Crippen molar-refractivity contribution in [3.05, 3.63) is 188 Å². The van der Waals surface area contributed by atoms with E-state index in [1.165, 1.54) is 102 Å². The summed E-state index contributed by atoms with van der Waals surface area (Å²) in [6.45, 7) is 2.37. The normalized spacial score (nSPS) is 13.6. The van der Waals surface area contributed by atoms with Crippen molar-refractivity contribution >= 4 is 120 Å². The molecule has 63 heavy (non-hydrogen) atoms. The van der Waals surface area contributed by atoms with Crippen molar-refractivity contribution in [2.24, 2.45) is 0 Å². The number of fused-ring (bicyclic) bond motifs is 11. The van der Waals surface area contributed by atoms with E-state index in [4.69, 9.17) is 9.47 Å². The average molecular weight is 843 g/mol. The summed E-state index contributed by atoms with van der Waals surface area (Å²) < 4.78 is 17.5. The summed E-state index contributed by atoms with van der Waals surface area (Å²) in [5.74, 6) is 1.57. The standard InChI is InChI=1S/C56H35BN2O2S2/c1-33-25-48-56-49(26-33)59(38-9-3-2-4-10-38)47-31-51-50(60-32-61-51)30-45(47)57(56)44-27-35(37-18-23-43-41-12-6-8-14-53(41)63-55(43)29-37)19-24-46(44)58(48)39-20-15-34(16-21-39)36-17-22-42-40-11-5-7-13-52(40)62-54(42)28-36/h2-31H,32H2,1H3. The predicted octanol–water partition coefficient (Wildman–Crippen LogP) is 13.9. The van der Waals surface area contributed by atoms with Crippen molar-refractivity contribution in [1.82, 2.24) is 0 Å². The summed E-state index contributed by atoms with van der Waals surface area (Å²) in [5, 5.41) is 5.27. The van der Waals surface area contributed by atoms with Crippen LogP contribution >= 0.6 is 22.7 Å². The van der Waals surface area contributed by atoms with Crippen LogP contribution < -0.4 is 35.7 Å². The Labute approximate surface area is 372 Å². The summed E-state index contributed by atoms with van der Waals surface area (Å²) in [4.78, 5) is 4.92. The van der Waals surface area contributed by atoms with Crippen LogP contribution in [0.1, 0.15) is 5.56 Å². The van der Waals surface area contributed by atoms with Crippen molar-refractivity contribution in [3.8, 4) is 33.8 Å². The lowest BCUT2D eigenvalue weighted by Crippen LogP contribution is -2.61. The lowest BCUT2D eigenvalue weighted by atomic mass is 9.33. The van der Waals surface area contributed by atoms with E-state index in [1.807, 2.05) is 22.7 Å². The maximum absolute atomic E-state index is 6.13. The zero-order valence-electron chi connectivity index (χ0n) is 34.1. The first-order valence-electron chi connectivity index (χ1n) is 21.4. The molecule has 0 atom stereocenters. The van der Waals surface area contributed by atoms with Gasteiger partial charge in [0, 0.05) is 80.5 Å². The van der Waals surface area contributed by atoms with Gasteiger partial charge in [-0.3, -0.25) is 0 Å². The van der Waals surface area contributed by atoms with Gasteiger partial charge in [-0.1, -0.05) is 103 Å². The summed E-state index contributed by atoms with van der Waals surface area (Å²) in [6, 6.07) is 67.5. The van der Waals surface area contributed by atoms with Crippen LogP contribution in [0.5, 0.6) is 11.5 Å². The van der Waals surface area contributed by atoms with Crippen molar-refractivity contribution < 1.29 is 9.47 Å². The molecule has 0 N–H and O–H groups in total. The molecule has 296 valence electrons. The molecule has 9 aromatic carbocycles. The number of para-hydroxylation sites is 1. The van der Waals surface area contributed by atoms with Gasteiger partial charge in [0.1, 0.15) is 0 Å². The quantitative estimate of drug-likeness (QED) is 0.165. The topological polar surface area (TPSA) is 24.9 Å². The van der Waals surface area contributed by atoms with Gasteiger partial charge in [0.25, 0.3) is 6.71 Å². The van der Waals surface area contributed by atoms with E-state index in [0.717, 1.165) is 28.6 Å². The average Bonchev–Trinajstić information content (AvgIpc) is 4.05. The minimum Gasteiger partial charge on any atom is -0.454 e. The van der Waals surface area contributed by atoms with E-state index in [-0.39, 0.29) is 13.5 Å². The number of benzene rings is 9. The lowest BCUT2D eigenvalue weighted by Gasteiger charge is -2.44. The van der Waals surface area contributed by atoms with Crippen molar-refractivity contribution in [2.75, 3.05) is 16.6 Å². The van der Waals surface area contributed by atoms with Crippen molar-refractivity contribution in [3.63, 3.8) is 0 Å². The van der Waals surface area contributed by atoms with Crippen LogP contribution in [-0.4, -0.2) is 13.5 Å². The molecule has 3 aliphatic heterocycles. The molecule has 11 aromatic rings. The highest BCUT2D eigenvalue weighted by Crippen LogP contribution is 2.48. The van der Waals surface area contributed by atoms with Crippen LogP contribution in [0.2, 0.25) is 0 Å². The molecule has 3 aliphatic rings. The van der Waals surface area contributed by atoms with Gasteiger partial charge in [0.15, 0.2) is 11.5 Å². The summed E-state index contributed by atoms with van der Waals surface area (Å²) >= 11 is 3.73. The first-order valence-corrected chi connectivity index (χ1v) is 23.1. The summed E-state index contributed by atoms with van der Waals surface area (Å²) in [5.41, 5.74) is 16.6. The minimum absolute atomic E-state index is 0.0633. The fraction of sp³-hybridized carbons (Fsp3) is 0.0357. The first kappa shape index (κ1) is 35.3. The van der Waals surface area contributed by atoms with Gasteiger partial charge in [-0.15, -0.1) is 22.7 Å². The van der Waals surface area contributed by atoms with Gasteiger partial charge < -0.3 is 19.3 Å². The molecule has 2 aromatic heterocycles. The number of hydrogen-bond acceptors (Lipinski definition) is 6. The molecule has 0 bridgehead atoms. The Morgan fingerprint density at radius 3 is 1.60 bits per heavy atom. The van der Waals surface area contributed by atoms with E-state index < -0.39 is 0 Å². The van der Waals surface area contributed by atoms with Gasteiger partial charge >= 0.3 is 0 Å². The smallest absolute Gasteiger partial charge is 0.252 e. The van der Waals surface area contributed by atoms with E-state index in [0.29, 0.717) is 0 Å². The van der Waals surface area contributed by atoms with E-state index >= 15 is 0 Å². The molecule has 0 amide bonds. The molecule has 4 nitrogen and oxygen atoms in total. The molecule has 0 unspecified atom stereocenters. The Balaban J connectivity index is 0.979. The highest BCUT2D eigenvalue weighted by molar-refractivity contribution is 7.26. The lowest BCUT2D eigenvalue weighted by molar-refractivity contribution is 0.174. The van der Waals surface area contributed by atoms with Crippen LogP contribution in [0, 0.1) is 6.92 Å². The zero-order valence-corrected chi connectivity index (χ0v) is 35.8. The Kier molecular flexibility index (Phi) is 7.48. The van der Waals surface area contributed by atoms with Crippen LogP contribution in [0.25, 0.3) is 62.6 Å². The molecule has 0 radical (unpaired) electrons. The second kappa shape index (κ2) is 13.3. The molecular weight excluding hydrogens is 808 g/mol. The van der Waals surface area contributed by atoms with Crippen LogP contribution in [0.3, 0.4) is 0 Å². The Bertz CT molecular complexity index is 3710. The molecule has 5 heterocycles. The fourth-order valence-corrected chi connectivity index (χ4v) is 12.7. The first-order chi connectivity index (χ1) is 31.1. The second-order valence-corrected chi connectivity index (χ2v) is 19.0. The maximum Gasteiger partial charge on any atom is 0.252 e. The van der Waals surface area contributed by atoms with Gasteiger partial charge in [0.05, 0.1) is 0 Å². The number of nitrogens with zero attached hydrogens (tertiary/aromatic N) is 2. The maximum atomic E-state index is 6.13. The van der Waals surface area contributed by atoms with Gasteiger partial charge in [-0.25, -0.2) is 0 Å².